The highest BCUT2D eigenvalue weighted by molar-refractivity contribution is 7.95. The van der Waals surface area contributed by atoms with Gasteiger partial charge in [0.1, 0.15) is 11.0 Å². The first kappa shape index (κ1) is 21.8. The van der Waals surface area contributed by atoms with Crippen LogP contribution in [0, 0.1) is 18.3 Å². The first-order valence-electron chi connectivity index (χ1n) is 8.86. The van der Waals surface area contributed by atoms with Gasteiger partial charge in [-0.25, -0.2) is 8.42 Å². The largest absolute Gasteiger partial charge is 0.490 e. The highest BCUT2D eigenvalue weighted by atomic mass is 35.5. The van der Waals surface area contributed by atoms with E-state index in [0.29, 0.717) is 30.3 Å². The third-order valence-corrected chi connectivity index (χ3v) is 5.77. The first-order chi connectivity index (χ1) is 13.3. The van der Waals surface area contributed by atoms with E-state index in [1.54, 1.807) is 30.3 Å². The van der Waals surface area contributed by atoms with Crippen molar-refractivity contribution in [1.29, 1.82) is 5.26 Å². The number of ether oxygens (including phenoxy) is 2. The lowest BCUT2D eigenvalue weighted by Crippen LogP contribution is -2.04. The molecule has 0 amide bonds. The summed E-state index contributed by atoms with van der Waals surface area (Å²) in [5.74, 6) is 0.808. The predicted octanol–water partition coefficient (Wildman–Crippen LogP) is 5.17. The zero-order valence-electron chi connectivity index (χ0n) is 16.0. The summed E-state index contributed by atoms with van der Waals surface area (Å²) in [6, 6.07) is 11.3. The van der Waals surface area contributed by atoms with Gasteiger partial charge >= 0.3 is 0 Å². The molecule has 0 spiro atoms. The van der Waals surface area contributed by atoms with Crippen molar-refractivity contribution in [2.45, 2.75) is 32.1 Å². The fraction of sp³-hybridized carbons (Fsp3) is 0.286. The third kappa shape index (κ3) is 5.06. The lowest BCUT2D eigenvalue weighted by molar-refractivity contribution is 0.277. The van der Waals surface area contributed by atoms with Crippen LogP contribution >= 0.6 is 11.6 Å². The van der Waals surface area contributed by atoms with Crippen LogP contribution in [-0.2, 0) is 9.84 Å². The van der Waals surface area contributed by atoms with Crippen molar-refractivity contribution in [3.8, 4) is 17.6 Å². The normalized spacial score (nSPS) is 11.8. The number of benzene rings is 2. The lowest BCUT2D eigenvalue weighted by atomic mass is 10.2. The summed E-state index contributed by atoms with van der Waals surface area (Å²) in [6.07, 6.45) is 2.09. The summed E-state index contributed by atoms with van der Waals surface area (Å²) in [7, 11) is -3.94. The second kappa shape index (κ2) is 9.63. The molecule has 2 aromatic rings. The highest BCUT2D eigenvalue weighted by Crippen LogP contribution is 2.37. The Morgan fingerprint density at radius 3 is 2.43 bits per heavy atom. The van der Waals surface area contributed by atoms with Crippen LogP contribution in [0.4, 0.5) is 0 Å². The molecule has 0 unspecified atom stereocenters. The van der Waals surface area contributed by atoms with Crippen LogP contribution in [0.2, 0.25) is 5.02 Å². The second-order valence-electron chi connectivity index (χ2n) is 6.05. The molecule has 2 aromatic carbocycles. The Morgan fingerprint density at radius 2 is 1.86 bits per heavy atom. The second-order valence-corrected chi connectivity index (χ2v) is 8.37. The molecule has 7 heteroatoms. The average Bonchev–Trinajstić information content (AvgIpc) is 2.66. The van der Waals surface area contributed by atoms with E-state index in [-0.39, 0.29) is 14.8 Å². The zero-order chi connectivity index (χ0) is 20.7. The van der Waals surface area contributed by atoms with Crippen molar-refractivity contribution in [3.63, 3.8) is 0 Å². The molecule has 0 bridgehead atoms. The monoisotopic (exact) mass is 419 g/mol. The minimum atomic E-state index is -3.94. The average molecular weight is 420 g/mol. The van der Waals surface area contributed by atoms with Crippen molar-refractivity contribution in [2.24, 2.45) is 0 Å². The number of hydrogen-bond donors (Lipinski definition) is 0. The fourth-order valence-corrected chi connectivity index (χ4v) is 3.88. The van der Waals surface area contributed by atoms with Crippen LogP contribution in [0.5, 0.6) is 11.5 Å². The quantitative estimate of drug-likeness (QED) is 0.551. The molecule has 0 saturated carbocycles. The molecule has 28 heavy (non-hydrogen) atoms. The lowest BCUT2D eigenvalue weighted by Gasteiger charge is -2.14. The van der Waals surface area contributed by atoms with Gasteiger partial charge in [0.05, 0.1) is 23.1 Å². The summed E-state index contributed by atoms with van der Waals surface area (Å²) >= 11 is 6.31. The number of sulfone groups is 1. The molecule has 0 saturated heterocycles. The van der Waals surface area contributed by atoms with Gasteiger partial charge in [0, 0.05) is 0 Å². The Kier molecular flexibility index (Phi) is 7.50. The summed E-state index contributed by atoms with van der Waals surface area (Å²) in [5.41, 5.74) is 1.36. The van der Waals surface area contributed by atoms with Gasteiger partial charge in [0.2, 0.25) is 9.84 Å². The van der Waals surface area contributed by atoms with E-state index < -0.39 is 9.84 Å². The van der Waals surface area contributed by atoms with E-state index in [4.69, 9.17) is 21.1 Å². The molecule has 2 rings (SSSR count). The standard InChI is InChI=1S/C21H22ClNO4S/c1-4-10-27-21-19(22)12-16(13-20(21)26-5-2)11-18(14-23)28(24,25)17-8-6-15(3)7-9-17/h6-9,11-13H,4-5,10H2,1-3H3/b18-11+. The number of hydrogen-bond acceptors (Lipinski definition) is 5. The molecule has 0 radical (unpaired) electrons. The van der Waals surface area contributed by atoms with Crippen molar-refractivity contribution in [2.75, 3.05) is 13.2 Å². The van der Waals surface area contributed by atoms with Gasteiger partial charge in [-0.2, -0.15) is 5.26 Å². The topological polar surface area (TPSA) is 76.4 Å². The van der Waals surface area contributed by atoms with E-state index in [9.17, 15) is 13.7 Å². The van der Waals surface area contributed by atoms with Gasteiger partial charge in [-0.3, -0.25) is 0 Å². The molecule has 0 aliphatic carbocycles. The Balaban J connectivity index is 2.51. The highest BCUT2D eigenvalue weighted by Gasteiger charge is 2.21. The smallest absolute Gasteiger partial charge is 0.216 e. The van der Waals surface area contributed by atoms with E-state index in [1.165, 1.54) is 18.2 Å². The molecular weight excluding hydrogens is 398 g/mol. The van der Waals surface area contributed by atoms with Crippen LogP contribution in [-0.4, -0.2) is 21.6 Å². The summed E-state index contributed by atoms with van der Waals surface area (Å²) < 4.78 is 36.8. The molecule has 148 valence electrons. The molecule has 0 aromatic heterocycles. The minimum Gasteiger partial charge on any atom is -0.490 e. The summed E-state index contributed by atoms with van der Waals surface area (Å²) in [4.78, 5) is -0.318. The number of halogens is 1. The number of nitrogens with zero attached hydrogens (tertiary/aromatic N) is 1. The summed E-state index contributed by atoms with van der Waals surface area (Å²) in [5, 5.41) is 9.75. The molecule has 0 atom stereocenters. The Bertz CT molecular complexity index is 1010. The molecule has 0 heterocycles. The van der Waals surface area contributed by atoms with E-state index in [0.717, 1.165) is 12.0 Å². The van der Waals surface area contributed by atoms with Crippen LogP contribution in [0.25, 0.3) is 6.08 Å². The van der Waals surface area contributed by atoms with E-state index >= 15 is 0 Å². The van der Waals surface area contributed by atoms with Crippen molar-refractivity contribution < 1.29 is 17.9 Å². The SMILES string of the molecule is CCCOc1c(Cl)cc(/C=C(\C#N)S(=O)(=O)c2ccc(C)cc2)cc1OCC. The van der Waals surface area contributed by atoms with Gasteiger partial charge in [-0.1, -0.05) is 36.2 Å². The van der Waals surface area contributed by atoms with Crippen LogP contribution in [0.15, 0.2) is 46.2 Å². The molecule has 0 N–H and O–H groups in total. The van der Waals surface area contributed by atoms with Crippen molar-refractivity contribution in [1.82, 2.24) is 0 Å². The van der Waals surface area contributed by atoms with Gasteiger partial charge < -0.3 is 9.47 Å². The van der Waals surface area contributed by atoms with Crippen LogP contribution < -0.4 is 9.47 Å². The Morgan fingerprint density at radius 1 is 1.18 bits per heavy atom. The number of rotatable bonds is 8. The number of nitriles is 1. The molecule has 0 aliphatic heterocycles. The zero-order valence-corrected chi connectivity index (χ0v) is 17.6. The fourth-order valence-electron chi connectivity index (χ4n) is 2.44. The molecule has 5 nitrogen and oxygen atoms in total. The maximum absolute atomic E-state index is 12.8. The maximum Gasteiger partial charge on any atom is 0.216 e. The number of allylic oxidation sites excluding steroid dienone is 1. The van der Waals surface area contributed by atoms with Gasteiger partial charge in [0.15, 0.2) is 11.5 Å². The van der Waals surface area contributed by atoms with Crippen LogP contribution in [0.1, 0.15) is 31.4 Å². The molecule has 0 aliphatic rings. The van der Waals surface area contributed by atoms with Gasteiger partial charge in [-0.05, 0) is 56.2 Å². The van der Waals surface area contributed by atoms with Crippen molar-refractivity contribution in [3.05, 3.63) is 57.5 Å². The number of aryl methyl sites for hydroxylation is 1. The van der Waals surface area contributed by atoms with E-state index in [2.05, 4.69) is 0 Å². The van der Waals surface area contributed by atoms with Crippen molar-refractivity contribution >= 4 is 27.5 Å². The summed E-state index contributed by atoms with van der Waals surface area (Å²) in [6.45, 7) is 6.51. The van der Waals surface area contributed by atoms with E-state index in [1.807, 2.05) is 20.8 Å². The predicted molar refractivity (Wildman–Crippen MR) is 110 cm³/mol. The van der Waals surface area contributed by atoms with Crippen LogP contribution in [0.3, 0.4) is 0 Å². The van der Waals surface area contributed by atoms with Gasteiger partial charge in [-0.15, -0.1) is 0 Å². The Hall–Kier alpha value is -2.49. The molecular formula is C21H22ClNO4S. The Labute approximate surface area is 171 Å². The van der Waals surface area contributed by atoms with Gasteiger partial charge in [0.25, 0.3) is 0 Å². The third-order valence-electron chi connectivity index (χ3n) is 3.81. The maximum atomic E-state index is 12.8. The first-order valence-corrected chi connectivity index (χ1v) is 10.7. The minimum absolute atomic E-state index is 0.0601. The molecule has 0 fully saturated rings.